The van der Waals surface area contributed by atoms with Crippen LogP contribution in [0.15, 0.2) is 12.4 Å². The van der Waals surface area contributed by atoms with Crippen molar-refractivity contribution in [2.75, 3.05) is 0 Å². The fraction of sp³-hybridized carbons (Fsp3) is 0.500. The molecular formula is C14H22N6O. The number of imidazole rings is 1. The van der Waals surface area contributed by atoms with Gasteiger partial charge in [-0.2, -0.15) is 5.10 Å². The third-order valence-electron chi connectivity index (χ3n) is 3.47. The molecule has 0 saturated carbocycles. The highest BCUT2D eigenvalue weighted by Gasteiger charge is 2.21. The van der Waals surface area contributed by atoms with E-state index in [9.17, 15) is 4.79 Å². The number of H-pyrrole nitrogens is 1. The zero-order chi connectivity index (χ0) is 15.4. The summed E-state index contributed by atoms with van der Waals surface area (Å²) in [6.07, 6.45) is 4.67. The van der Waals surface area contributed by atoms with E-state index in [-0.39, 0.29) is 5.91 Å². The van der Waals surface area contributed by atoms with E-state index in [1.54, 1.807) is 6.20 Å². The molecule has 0 fully saturated rings. The van der Waals surface area contributed by atoms with Crippen molar-refractivity contribution < 1.29 is 4.79 Å². The summed E-state index contributed by atoms with van der Waals surface area (Å²) in [7, 11) is 0. The van der Waals surface area contributed by atoms with Crippen molar-refractivity contribution in [2.45, 2.75) is 46.3 Å². The van der Waals surface area contributed by atoms with Gasteiger partial charge in [0.15, 0.2) is 0 Å². The van der Waals surface area contributed by atoms with Gasteiger partial charge in [0.2, 0.25) is 5.91 Å². The second kappa shape index (κ2) is 6.53. The number of aromatic nitrogens is 4. The first-order chi connectivity index (χ1) is 10.0. The number of nitrogens with two attached hydrogens (primary N) is 1. The third-order valence-corrected chi connectivity index (χ3v) is 3.47. The van der Waals surface area contributed by atoms with Gasteiger partial charge in [0.1, 0.15) is 11.9 Å². The van der Waals surface area contributed by atoms with Gasteiger partial charge in [0.25, 0.3) is 0 Å². The van der Waals surface area contributed by atoms with Crippen LogP contribution in [0.5, 0.6) is 0 Å². The highest BCUT2D eigenvalue weighted by molar-refractivity contribution is 5.83. The molecule has 7 nitrogen and oxygen atoms in total. The number of nitrogens with zero attached hydrogens (tertiary/aromatic N) is 3. The van der Waals surface area contributed by atoms with Crippen LogP contribution < -0.4 is 11.1 Å². The molecule has 114 valence electrons. The van der Waals surface area contributed by atoms with E-state index in [1.807, 2.05) is 24.6 Å². The summed E-state index contributed by atoms with van der Waals surface area (Å²) in [5.74, 6) is 0.603. The van der Waals surface area contributed by atoms with Crippen LogP contribution in [0.1, 0.15) is 42.2 Å². The van der Waals surface area contributed by atoms with Crippen molar-refractivity contribution in [1.82, 2.24) is 25.1 Å². The minimum atomic E-state index is -0.724. The first kappa shape index (κ1) is 15.2. The maximum Gasteiger partial charge on any atom is 0.242 e. The van der Waals surface area contributed by atoms with Crippen molar-refractivity contribution in [3.63, 3.8) is 0 Å². The van der Waals surface area contributed by atoms with E-state index in [0.29, 0.717) is 6.54 Å². The molecule has 2 aromatic heterocycles. The number of carbonyl (C=O) groups excluding carboxylic acids is 1. The molecule has 2 heterocycles. The van der Waals surface area contributed by atoms with Crippen LogP contribution in [0.4, 0.5) is 0 Å². The first-order valence-corrected chi connectivity index (χ1v) is 7.09. The molecule has 0 radical (unpaired) electrons. The smallest absolute Gasteiger partial charge is 0.242 e. The maximum absolute atomic E-state index is 12.2. The Balaban J connectivity index is 2.00. The lowest BCUT2D eigenvalue weighted by molar-refractivity contribution is -0.122. The zero-order valence-corrected chi connectivity index (χ0v) is 12.7. The van der Waals surface area contributed by atoms with Crippen LogP contribution in [0.2, 0.25) is 0 Å². The number of hydrogen-bond acceptors (Lipinski definition) is 4. The molecular weight excluding hydrogens is 268 g/mol. The summed E-state index contributed by atoms with van der Waals surface area (Å²) in [5, 5.41) is 9.75. The second-order valence-electron chi connectivity index (χ2n) is 5.08. The Kier molecular flexibility index (Phi) is 4.74. The molecule has 0 aliphatic carbocycles. The number of aryl methyl sites for hydroxylation is 3. The summed E-state index contributed by atoms with van der Waals surface area (Å²) >= 11 is 0. The van der Waals surface area contributed by atoms with Crippen LogP contribution in [-0.4, -0.2) is 25.7 Å². The highest BCUT2D eigenvalue weighted by atomic mass is 16.2. The van der Waals surface area contributed by atoms with Gasteiger partial charge in [-0.25, -0.2) is 4.98 Å². The number of amides is 1. The quantitative estimate of drug-likeness (QED) is 0.737. The van der Waals surface area contributed by atoms with Gasteiger partial charge in [-0.05, 0) is 20.3 Å². The van der Waals surface area contributed by atoms with Crippen LogP contribution in [0, 0.1) is 13.8 Å². The van der Waals surface area contributed by atoms with Gasteiger partial charge in [-0.15, -0.1) is 0 Å². The van der Waals surface area contributed by atoms with Gasteiger partial charge < -0.3 is 15.6 Å². The van der Waals surface area contributed by atoms with Crippen molar-refractivity contribution >= 4 is 5.91 Å². The standard InChI is InChI=1S/C14H22N6O/c1-4-6-20-7-5-16-11(20)8-17-14(21)13(15)12-9(2)18-19-10(12)3/h5,7,13H,4,6,8,15H2,1-3H3,(H,17,21)(H,18,19)/t13-/m0/s1. The van der Waals surface area contributed by atoms with Crippen LogP contribution >= 0.6 is 0 Å². The summed E-state index contributed by atoms with van der Waals surface area (Å²) < 4.78 is 2.03. The molecule has 21 heavy (non-hydrogen) atoms. The molecule has 0 bridgehead atoms. The Morgan fingerprint density at radius 2 is 2.29 bits per heavy atom. The monoisotopic (exact) mass is 290 g/mol. The molecule has 0 aliphatic heterocycles. The van der Waals surface area contributed by atoms with Gasteiger partial charge in [0.05, 0.1) is 12.2 Å². The van der Waals surface area contributed by atoms with Gasteiger partial charge in [0, 0.05) is 30.2 Å². The number of hydrogen-bond donors (Lipinski definition) is 3. The van der Waals surface area contributed by atoms with Crippen molar-refractivity contribution in [1.29, 1.82) is 0 Å². The predicted molar refractivity (Wildman–Crippen MR) is 79.4 cm³/mol. The molecule has 0 aromatic carbocycles. The number of carbonyl (C=O) groups is 1. The number of nitrogens with one attached hydrogen (secondary N) is 2. The molecule has 7 heteroatoms. The minimum Gasteiger partial charge on any atom is -0.347 e. The number of aromatic amines is 1. The molecule has 2 aromatic rings. The molecule has 4 N–H and O–H groups in total. The molecule has 0 unspecified atom stereocenters. The summed E-state index contributed by atoms with van der Waals surface area (Å²) in [6, 6.07) is -0.724. The number of rotatable bonds is 6. The Hall–Kier alpha value is -2.15. The Morgan fingerprint density at radius 3 is 2.90 bits per heavy atom. The molecule has 0 saturated heterocycles. The maximum atomic E-state index is 12.2. The van der Waals surface area contributed by atoms with Crippen molar-refractivity contribution in [3.8, 4) is 0 Å². The lowest BCUT2D eigenvalue weighted by Gasteiger charge is -2.13. The Morgan fingerprint density at radius 1 is 1.52 bits per heavy atom. The van der Waals surface area contributed by atoms with E-state index >= 15 is 0 Å². The van der Waals surface area contributed by atoms with Crippen LogP contribution in [0.25, 0.3) is 0 Å². The molecule has 0 aliphatic rings. The van der Waals surface area contributed by atoms with E-state index < -0.39 is 6.04 Å². The van der Waals surface area contributed by atoms with Crippen molar-refractivity contribution in [2.24, 2.45) is 5.73 Å². The van der Waals surface area contributed by atoms with E-state index in [4.69, 9.17) is 5.73 Å². The van der Waals surface area contributed by atoms with E-state index in [0.717, 1.165) is 35.7 Å². The summed E-state index contributed by atoms with van der Waals surface area (Å²) in [4.78, 5) is 16.4. The topological polar surface area (TPSA) is 102 Å². The average molecular weight is 290 g/mol. The van der Waals surface area contributed by atoms with Crippen LogP contribution in [-0.2, 0) is 17.9 Å². The average Bonchev–Trinajstić information content (AvgIpc) is 3.03. The highest BCUT2D eigenvalue weighted by Crippen LogP contribution is 2.17. The third kappa shape index (κ3) is 3.30. The minimum absolute atomic E-state index is 0.228. The van der Waals surface area contributed by atoms with Gasteiger partial charge >= 0.3 is 0 Å². The first-order valence-electron chi connectivity index (χ1n) is 7.09. The summed E-state index contributed by atoms with van der Waals surface area (Å²) in [5.41, 5.74) is 8.35. The Bertz CT molecular complexity index is 595. The molecule has 0 spiro atoms. The SMILES string of the molecule is CCCn1ccnc1CNC(=O)[C@@H](N)c1c(C)n[nH]c1C. The lowest BCUT2D eigenvalue weighted by atomic mass is 10.1. The van der Waals surface area contributed by atoms with Gasteiger partial charge in [-0.1, -0.05) is 6.92 Å². The molecule has 1 amide bonds. The molecule has 2 rings (SSSR count). The Labute approximate surface area is 123 Å². The lowest BCUT2D eigenvalue weighted by Crippen LogP contribution is -2.35. The van der Waals surface area contributed by atoms with E-state index in [1.165, 1.54) is 0 Å². The van der Waals surface area contributed by atoms with Crippen molar-refractivity contribution in [3.05, 3.63) is 35.2 Å². The fourth-order valence-corrected chi connectivity index (χ4v) is 2.38. The predicted octanol–water partition coefficient (Wildman–Crippen LogP) is 0.949. The van der Waals surface area contributed by atoms with Gasteiger partial charge in [-0.3, -0.25) is 9.89 Å². The summed E-state index contributed by atoms with van der Waals surface area (Å²) in [6.45, 7) is 7.05. The largest absolute Gasteiger partial charge is 0.347 e. The molecule has 1 atom stereocenters. The second-order valence-corrected chi connectivity index (χ2v) is 5.08. The normalized spacial score (nSPS) is 12.4. The zero-order valence-electron chi connectivity index (χ0n) is 12.7. The van der Waals surface area contributed by atoms with Crippen LogP contribution in [0.3, 0.4) is 0 Å². The van der Waals surface area contributed by atoms with E-state index in [2.05, 4.69) is 27.4 Å². The fourth-order valence-electron chi connectivity index (χ4n) is 2.38.